The van der Waals surface area contributed by atoms with E-state index in [2.05, 4.69) is 17.1 Å². The Balaban J connectivity index is 2.10. The van der Waals surface area contributed by atoms with E-state index in [1.54, 1.807) is 6.92 Å². The van der Waals surface area contributed by atoms with Crippen LogP contribution in [0.1, 0.15) is 26.7 Å². The third-order valence-corrected chi connectivity index (χ3v) is 2.54. The van der Waals surface area contributed by atoms with Crippen LogP contribution in [-0.2, 0) is 4.79 Å². The van der Waals surface area contributed by atoms with Crippen molar-refractivity contribution in [2.24, 2.45) is 5.92 Å². The second-order valence-corrected chi connectivity index (χ2v) is 4.03. The lowest BCUT2D eigenvalue weighted by molar-refractivity contribution is -0.119. The number of carbonyl (C=O) groups excluding carboxylic acids is 1. The van der Waals surface area contributed by atoms with Crippen molar-refractivity contribution in [3.8, 4) is 0 Å². The van der Waals surface area contributed by atoms with Crippen LogP contribution in [0.15, 0.2) is 0 Å². The van der Waals surface area contributed by atoms with Crippen LogP contribution in [0, 0.1) is 5.92 Å². The molecule has 76 valence electrons. The number of rotatable bonds is 3. The molecule has 1 heterocycles. The van der Waals surface area contributed by atoms with E-state index in [0.717, 1.165) is 19.0 Å². The summed E-state index contributed by atoms with van der Waals surface area (Å²) in [4.78, 5) is 13.1. The number of nitrogens with one attached hydrogen (secondary N) is 1. The maximum Gasteiger partial charge on any atom is 0.216 e. The number of hydrogen-bond donors (Lipinski definition) is 1. The molecule has 0 spiro atoms. The van der Waals surface area contributed by atoms with Gasteiger partial charge in [-0.1, -0.05) is 6.92 Å². The van der Waals surface area contributed by atoms with Gasteiger partial charge in [-0.25, -0.2) is 0 Å². The van der Waals surface area contributed by atoms with Gasteiger partial charge in [0.05, 0.1) is 0 Å². The SMILES string of the molecule is CC(=O)NCCN1CCC[C@H](C)C1. The number of hydrogen-bond acceptors (Lipinski definition) is 2. The van der Waals surface area contributed by atoms with E-state index in [1.165, 1.54) is 25.9 Å². The number of likely N-dealkylation sites (tertiary alicyclic amines) is 1. The predicted octanol–water partition coefficient (Wildman–Crippen LogP) is 0.854. The minimum absolute atomic E-state index is 0.0741. The van der Waals surface area contributed by atoms with Crippen LogP contribution in [0.2, 0.25) is 0 Å². The third-order valence-electron chi connectivity index (χ3n) is 2.54. The van der Waals surface area contributed by atoms with Gasteiger partial charge in [-0.05, 0) is 25.3 Å². The molecule has 3 nitrogen and oxygen atoms in total. The van der Waals surface area contributed by atoms with E-state index in [9.17, 15) is 4.79 Å². The van der Waals surface area contributed by atoms with Crippen molar-refractivity contribution in [2.75, 3.05) is 26.2 Å². The van der Waals surface area contributed by atoms with Crippen LogP contribution < -0.4 is 5.32 Å². The molecule has 1 atom stereocenters. The molecule has 1 rings (SSSR count). The quantitative estimate of drug-likeness (QED) is 0.705. The summed E-state index contributed by atoms with van der Waals surface area (Å²) in [6, 6.07) is 0. The Labute approximate surface area is 80.5 Å². The van der Waals surface area contributed by atoms with Gasteiger partial charge in [-0.3, -0.25) is 4.79 Å². The molecule has 1 fully saturated rings. The molecule has 0 bridgehead atoms. The first-order valence-electron chi connectivity index (χ1n) is 5.15. The molecule has 0 aromatic heterocycles. The summed E-state index contributed by atoms with van der Waals surface area (Å²) in [5.74, 6) is 0.899. The lowest BCUT2D eigenvalue weighted by Crippen LogP contribution is -2.39. The molecular weight excluding hydrogens is 164 g/mol. The van der Waals surface area contributed by atoms with Gasteiger partial charge in [-0.2, -0.15) is 0 Å². The van der Waals surface area contributed by atoms with E-state index in [1.807, 2.05) is 0 Å². The Morgan fingerprint density at radius 1 is 1.62 bits per heavy atom. The van der Waals surface area contributed by atoms with Gasteiger partial charge in [0, 0.05) is 26.6 Å². The summed E-state index contributed by atoms with van der Waals surface area (Å²) >= 11 is 0. The van der Waals surface area contributed by atoms with Crippen LogP contribution in [0.25, 0.3) is 0 Å². The average molecular weight is 184 g/mol. The monoisotopic (exact) mass is 184 g/mol. The molecule has 0 aliphatic carbocycles. The molecule has 0 unspecified atom stereocenters. The maximum absolute atomic E-state index is 10.6. The van der Waals surface area contributed by atoms with E-state index < -0.39 is 0 Å². The highest BCUT2D eigenvalue weighted by atomic mass is 16.1. The molecular formula is C10H20N2O. The standard InChI is InChI=1S/C10H20N2O/c1-9-4-3-6-12(8-9)7-5-11-10(2)13/h9H,3-8H2,1-2H3,(H,11,13)/t9-/m0/s1. The van der Waals surface area contributed by atoms with Gasteiger partial charge in [0.2, 0.25) is 5.91 Å². The smallest absolute Gasteiger partial charge is 0.216 e. The largest absolute Gasteiger partial charge is 0.355 e. The summed E-state index contributed by atoms with van der Waals surface area (Å²) in [5, 5.41) is 2.83. The molecule has 13 heavy (non-hydrogen) atoms. The fourth-order valence-electron chi connectivity index (χ4n) is 1.88. The van der Waals surface area contributed by atoms with Crippen molar-refractivity contribution in [1.29, 1.82) is 0 Å². The minimum Gasteiger partial charge on any atom is -0.355 e. The van der Waals surface area contributed by atoms with Gasteiger partial charge in [0.25, 0.3) is 0 Å². The molecule has 1 saturated heterocycles. The molecule has 0 aromatic rings. The Hall–Kier alpha value is -0.570. The van der Waals surface area contributed by atoms with E-state index in [0.29, 0.717) is 0 Å². The second-order valence-electron chi connectivity index (χ2n) is 4.03. The Bertz CT molecular complexity index is 170. The summed E-state index contributed by atoms with van der Waals surface area (Å²) in [6.45, 7) is 8.05. The number of carbonyl (C=O) groups is 1. The molecule has 0 aromatic carbocycles. The maximum atomic E-state index is 10.6. The molecule has 1 N–H and O–H groups in total. The average Bonchev–Trinajstić information content (AvgIpc) is 2.03. The minimum atomic E-state index is 0.0741. The topological polar surface area (TPSA) is 32.3 Å². The van der Waals surface area contributed by atoms with E-state index >= 15 is 0 Å². The zero-order valence-corrected chi connectivity index (χ0v) is 8.68. The van der Waals surface area contributed by atoms with Crippen LogP contribution in [0.5, 0.6) is 0 Å². The number of nitrogens with zero attached hydrogens (tertiary/aromatic N) is 1. The van der Waals surface area contributed by atoms with Crippen molar-refractivity contribution in [2.45, 2.75) is 26.7 Å². The van der Waals surface area contributed by atoms with E-state index in [-0.39, 0.29) is 5.91 Å². The number of amides is 1. The lowest BCUT2D eigenvalue weighted by atomic mass is 10.0. The zero-order valence-electron chi connectivity index (χ0n) is 8.68. The van der Waals surface area contributed by atoms with Gasteiger partial charge in [0.15, 0.2) is 0 Å². The highest BCUT2D eigenvalue weighted by Gasteiger charge is 2.15. The summed E-state index contributed by atoms with van der Waals surface area (Å²) in [5.41, 5.74) is 0. The fourth-order valence-corrected chi connectivity index (χ4v) is 1.88. The first kappa shape index (κ1) is 10.5. The zero-order chi connectivity index (χ0) is 9.68. The molecule has 1 aliphatic rings. The van der Waals surface area contributed by atoms with Gasteiger partial charge in [0.1, 0.15) is 0 Å². The van der Waals surface area contributed by atoms with Gasteiger partial charge < -0.3 is 10.2 Å². The molecule has 0 saturated carbocycles. The van der Waals surface area contributed by atoms with E-state index in [4.69, 9.17) is 0 Å². The first-order chi connectivity index (χ1) is 6.18. The highest BCUT2D eigenvalue weighted by Crippen LogP contribution is 2.14. The molecule has 0 radical (unpaired) electrons. The molecule has 3 heteroatoms. The summed E-state index contributed by atoms with van der Waals surface area (Å²) < 4.78 is 0. The third kappa shape index (κ3) is 4.27. The summed E-state index contributed by atoms with van der Waals surface area (Å²) in [6.07, 6.45) is 2.66. The van der Waals surface area contributed by atoms with Crippen LogP contribution >= 0.6 is 0 Å². The fraction of sp³-hybridized carbons (Fsp3) is 0.900. The first-order valence-corrected chi connectivity index (χ1v) is 5.15. The van der Waals surface area contributed by atoms with Crippen LogP contribution in [0.4, 0.5) is 0 Å². The van der Waals surface area contributed by atoms with Crippen molar-refractivity contribution >= 4 is 5.91 Å². The Morgan fingerprint density at radius 3 is 3.00 bits per heavy atom. The normalized spacial score (nSPS) is 24.3. The molecule has 1 aliphatic heterocycles. The number of piperidine rings is 1. The second kappa shape index (κ2) is 5.22. The van der Waals surface area contributed by atoms with Gasteiger partial charge >= 0.3 is 0 Å². The Kier molecular flexibility index (Phi) is 4.22. The van der Waals surface area contributed by atoms with Crippen LogP contribution in [0.3, 0.4) is 0 Å². The Morgan fingerprint density at radius 2 is 2.38 bits per heavy atom. The lowest BCUT2D eigenvalue weighted by Gasteiger charge is -2.30. The van der Waals surface area contributed by atoms with Gasteiger partial charge in [-0.15, -0.1) is 0 Å². The highest BCUT2D eigenvalue weighted by molar-refractivity contribution is 5.72. The van der Waals surface area contributed by atoms with Crippen LogP contribution in [-0.4, -0.2) is 37.0 Å². The van der Waals surface area contributed by atoms with Crippen molar-refractivity contribution < 1.29 is 4.79 Å². The van der Waals surface area contributed by atoms with Crippen molar-refractivity contribution in [3.63, 3.8) is 0 Å². The van der Waals surface area contributed by atoms with Crippen molar-refractivity contribution in [1.82, 2.24) is 10.2 Å². The predicted molar refractivity (Wildman–Crippen MR) is 53.5 cm³/mol. The molecule has 1 amide bonds. The van der Waals surface area contributed by atoms with Crippen molar-refractivity contribution in [3.05, 3.63) is 0 Å². The summed E-state index contributed by atoms with van der Waals surface area (Å²) in [7, 11) is 0.